The average Bonchev–Trinajstić information content (AvgIpc) is 3.70. The highest BCUT2D eigenvalue weighted by Crippen LogP contribution is 2.48. The number of hydrogen-bond acceptors (Lipinski definition) is 6. The third kappa shape index (κ3) is 4.70. The monoisotopic (exact) mass is 466 g/mol. The summed E-state index contributed by atoms with van der Waals surface area (Å²) in [4.78, 5) is 31.7. The molecule has 5 rings (SSSR count). The molecule has 0 N–H and O–H groups in total. The lowest BCUT2D eigenvalue weighted by Gasteiger charge is -2.27. The van der Waals surface area contributed by atoms with E-state index in [1.165, 1.54) is 24.0 Å². The standard InChI is InChI=1S/C27H34N2O5/c1-15-10-20(15)17-8-9-19-22(11-17)28-21(16-6-7-16)13-24(19)33-18-12-23(25(30)32-5)29(14-18)26(31)34-27(2,3)4/h8-9,11,13,15-16,18,20,23H,6-7,10,12,14H2,1-5H3/t15-,18+,20?,23-/m0/s1. The molecule has 2 aromatic rings. The molecule has 1 aliphatic heterocycles. The smallest absolute Gasteiger partial charge is 0.411 e. The van der Waals surface area contributed by atoms with Crippen molar-refractivity contribution in [3.63, 3.8) is 0 Å². The predicted octanol–water partition coefficient (Wildman–Crippen LogP) is 5.17. The number of esters is 1. The maximum Gasteiger partial charge on any atom is 0.411 e. The van der Waals surface area contributed by atoms with Gasteiger partial charge in [-0.15, -0.1) is 0 Å². The van der Waals surface area contributed by atoms with Crippen LogP contribution in [0.1, 0.15) is 76.5 Å². The van der Waals surface area contributed by atoms with Crippen LogP contribution in [0, 0.1) is 5.92 Å². The fourth-order valence-corrected chi connectivity index (χ4v) is 4.88. The normalized spacial score (nSPS) is 26.4. The highest BCUT2D eigenvalue weighted by Gasteiger charge is 2.43. The molecule has 2 heterocycles. The van der Waals surface area contributed by atoms with E-state index in [4.69, 9.17) is 19.2 Å². The second-order valence-corrected chi connectivity index (χ2v) is 11.1. The number of amides is 1. The van der Waals surface area contributed by atoms with Gasteiger partial charge < -0.3 is 14.2 Å². The molecule has 3 aliphatic rings. The summed E-state index contributed by atoms with van der Waals surface area (Å²) in [5.74, 6) is 2.14. The zero-order chi connectivity index (χ0) is 24.2. The predicted molar refractivity (Wildman–Crippen MR) is 128 cm³/mol. The summed E-state index contributed by atoms with van der Waals surface area (Å²) in [6.45, 7) is 7.96. The summed E-state index contributed by atoms with van der Waals surface area (Å²) in [7, 11) is 1.33. The maximum absolute atomic E-state index is 12.8. The van der Waals surface area contributed by atoms with Gasteiger partial charge in [0.25, 0.3) is 0 Å². The molecule has 4 atom stereocenters. The van der Waals surface area contributed by atoms with Gasteiger partial charge in [0.05, 0.1) is 19.2 Å². The zero-order valence-electron chi connectivity index (χ0n) is 20.7. The number of ether oxygens (including phenoxy) is 3. The summed E-state index contributed by atoms with van der Waals surface area (Å²) < 4.78 is 17.0. The number of carbonyl (C=O) groups excluding carboxylic acids is 2. The van der Waals surface area contributed by atoms with Crippen LogP contribution < -0.4 is 4.74 Å². The lowest BCUT2D eigenvalue weighted by Crippen LogP contribution is -2.44. The Hall–Kier alpha value is -2.83. The lowest BCUT2D eigenvalue weighted by atomic mass is 10.0. The number of benzene rings is 1. The molecule has 3 fully saturated rings. The number of nitrogens with zero attached hydrogens (tertiary/aromatic N) is 2. The Kier molecular flexibility index (Phi) is 5.69. The van der Waals surface area contributed by atoms with Crippen molar-refractivity contribution in [2.24, 2.45) is 5.92 Å². The van der Waals surface area contributed by atoms with Crippen LogP contribution in [0.3, 0.4) is 0 Å². The second-order valence-electron chi connectivity index (χ2n) is 11.1. The summed E-state index contributed by atoms with van der Waals surface area (Å²) in [6, 6.07) is 7.81. The van der Waals surface area contributed by atoms with Gasteiger partial charge in [0.2, 0.25) is 0 Å². The van der Waals surface area contributed by atoms with Gasteiger partial charge >= 0.3 is 12.1 Å². The van der Waals surface area contributed by atoms with Crippen molar-refractivity contribution in [3.05, 3.63) is 35.5 Å². The van der Waals surface area contributed by atoms with E-state index in [1.54, 1.807) is 20.8 Å². The Morgan fingerprint density at radius 1 is 1.12 bits per heavy atom. The molecule has 0 bridgehead atoms. The number of likely N-dealkylation sites (tertiary alicyclic amines) is 1. The Morgan fingerprint density at radius 2 is 1.85 bits per heavy atom. The Labute approximate surface area is 200 Å². The molecular formula is C27H34N2O5. The molecule has 1 unspecified atom stereocenters. The van der Waals surface area contributed by atoms with Gasteiger partial charge in [-0.05, 0) is 69.6 Å². The minimum absolute atomic E-state index is 0.259. The van der Waals surface area contributed by atoms with Crippen LogP contribution in [0.2, 0.25) is 0 Å². The van der Waals surface area contributed by atoms with Gasteiger partial charge in [0, 0.05) is 29.5 Å². The number of rotatable bonds is 5. The van der Waals surface area contributed by atoms with E-state index in [0.717, 1.165) is 41.1 Å². The van der Waals surface area contributed by atoms with Crippen molar-refractivity contribution >= 4 is 23.0 Å². The summed E-state index contributed by atoms with van der Waals surface area (Å²) in [6.07, 6.45) is 3.00. The Bertz CT molecular complexity index is 1120. The largest absolute Gasteiger partial charge is 0.488 e. The number of methoxy groups -OCH3 is 1. The molecule has 0 radical (unpaired) electrons. The third-order valence-corrected chi connectivity index (χ3v) is 7.01. The number of hydrogen-bond donors (Lipinski definition) is 0. The van der Waals surface area contributed by atoms with Crippen molar-refractivity contribution in [1.82, 2.24) is 9.88 Å². The van der Waals surface area contributed by atoms with Crippen molar-refractivity contribution < 1.29 is 23.8 Å². The maximum atomic E-state index is 12.8. The third-order valence-electron chi connectivity index (χ3n) is 7.01. The zero-order valence-corrected chi connectivity index (χ0v) is 20.7. The molecule has 2 aliphatic carbocycles. The highest BCUT2D eigenvalue weighted by molar-refractivity contribution is 5.86. The number of carbonyl (C=O) groups is 2. The van der Waals surface area contributed by atoms with E-state index >= 15 is 0 Å². The van der Waals surface area contributed by atoms with E-state index < -0.39 is 23.7 Å². The van der Waals surface area contributed by atoms with E-state index in [2.05, 4.69) is 25.1 Å². The van der Waals surface area contributed by atoms with Gasteiger partial charge in [-0.2, -0.15) is 0 Å². The lowest BCUT2D eigenvalue weighted by molar-refractivity contribution is -0.145. The molecule has 182 valence electrons. The van der Waals surface area contributed by atoms with Crippen molar-refractivity contribution in [1.29, 1.82) is 0 Å². The van der Waals surface area contributed by atoms with Crippen molar-refractivity contribution in [3.8, 4) is 5.75 Å². The van der Waals surface area contributed by atoms with Crippen LogP contribution in [-0.4, -0.2) is 53.3 Å². The fraction of sp³-hybridized carbons (Fsp3) is 0.593. The first kappa shape index (κ1) is 22.9. The van der Waals surface area contributed by atoms with Crippen LogP contribution in [-0.2, 0) is 14.3 Å². The molecule has 1 saturated heterocycles. The van der Waals surface area contributed by atoms with Gasteiger partial charge in [0.15, 0.2) is 0 Å². The molecule has 1 aromatic carbocycles. The second kappa shape index (κ2) is 8.43. The van der Waals surface area contributed by atoms with Gasteiger partial charge in [-0.25, -0.2) is 9.59 Å². The molecule has 7 nitrogen and oxygen atoms in total. The van der Waals surface area contributed by atoms with Crippen LogP contribution in [0.25, 0.3) is 10.9 Å². The summed E-state index contributed by atoms with van der Waals surface area (Å²) in [5, 5.41) is 0.965. The topological polar surface area (TPSA) is 78.0 Å². The first-order chi connectivity index (χ1) is 16.1. The average molecular weight is 467 g/mol. The minimum atomic E-state index is -0.733. The minimum Gasteiger partial charge on any atom is -0.488 e. The fourth-order valence-electron chi connectivity index (χ4n) is 4.88. The van der Waals surface area contributed by atoms with Gasteiger partial charge in [0.1, 0.15) is 23.5 Å². The van der Waals surface area contributed by atoms with E-state index in [1.807, 2.05) is 6.07 Å². The number of fused-ring (bicyclic) bond motifs is 1. The van der Waals surface area contributed by atoms with E-state index in [-0.39, 0.29) is 12.6 Å². The van der Waals surface area contributed by atoms with Gasteiger partial charge in [-0.3, -0.25) is 9.88 Å². The van der Waals surface area contributed by atoms with E-state index in [0.29, 0.717) is 18.3 Å². The Morgan fingerprint density at radius 3 is 2.47 bits per heavy atom. The van der Waals surface area contributed by atoms with Crippen LogP contribution in [0.15, 0.2) is 24.3 Å². The first-order valence-corrected chi connectivity index (χ1v) is 12.3. The number of pyridine rings is 1. The molecule has 0 spiro atoms. The van der Waals surface area contributed by atoms with Crippen LogP contribution in [0.5, 0.6) is 5.75 Å². The van der Waals surface area contributed by atoms with E-state index in [9.17, 15) is 9.59 Å². The molecule has 1 amide bonds. The first-order valence-electron chi connectivity index (χ1n) is 12.3. The molecule has 7 heteroatoms. The molecule has 2 saturated carbocycles. The molecule has 1 aromatic heterocycles. The van der Waals surface area contributed by atoms with Crippen molar-refractivity contribution in [2.45, 2.75) is 83.0 Å². The number of aromatic nitrogens is 1. The van der Waals surface area contributed by atoms with Crippen molar-refractivity contribution in [2.75, 3.05) is 13.7 Å². The summed E-state index contributed by atoms with van der Waals surface area (Å²) in [5.41, 5.74) is 2.71. The highest BCUT2D eigenvalue weighted by atomic mass is 16.6. The summed E-state index contributed by atoms with van der Waals surface area (Å²) >= 11 is 0. The molecule has 34 heavy (non-hydrogen) atoms. The quantitative estimate of drug-likeness (QED) is 0.566. The van der Waals surface area contributed by atoms with Crippen LogP contribution >= 0.6 is 0 Å². The SMILES string of the molecule is COC(=O)[C@@H]1C[C@@H](Oc2cc(C3CC3)nc3cc(C4C[C@@H]4C)ccc23)CN1C(=O)OC(C)(C)C. The Balaban J connectivity index is 1.42. The van der Waals surface area contributed by atoms with Gasteiger partial charge in [-0.1, -0.05) is 13.0 Å². The van der Waals surface area contributed by atoms with Crippen LogP contribution in [0.4, 0.5) is 4.79 Å². The molecular weight excluding hydrogens is 432 g/mol.